The summed E-state index contributed by atoms with van der Waals surface area (Å²) in [5.41, 5.74) is 0.872. The monoisotopic (exact) mass is 372 g/mol. The topological polar surface area (TPSA) is 61.2 Å². The first-order valence-electron chi connectivity index (χ1n) is 7.06. The van der Waals surface area contributed by atoms with Crippen LogP contribution in [0.4, 0.5) is 0 Å². The Bertz CT molecular complexity index is 950. The summed E-state index contributed by atoms with van der Waals surface area (Å²) in [4.78, 5) is 29.0. The van der Waals surface area contributed by atoms with Crippen LogP contribution in [0.25, 0.3) is 16.7 Å². The van der Waals surface area contributed by atoms with Crippen molar-refractivity contribution in [2.75, 3.05) is 6.61 Å². The van der Waals surface area contributed by atoms with Gasteiger partial charge >= 0.3 is 5.97 Å². The summed E-state index contributed by atoms with van der Waals surface area (Å²) in [6.45, 7) is 1.91. The first kappa shape index (κ1) is 15.4. The summed E-state index contributed by atoms with van der Waals surface area (Å²) in [5, 5.41) is 0.369. The maximum absolute atomic E-state index is 12.5. The van der Waals surface area contributed by atoms with E-state index in [-0.39, 0.29) is 17.6 Å². The Labute approximate surface area is 140 Å². The third-order valence-corrected chi connectivity index (χ3v) is 4.04. The normalized spacial score (nSPS) is 10.7. The highest BCUT2D eigenvalue weighted by molar-refractivity contribution is 9.10. The number of rotatable bonds is 3. The molecule has 2 heterocycles. The molecule has 5 nitrogen and oxygen atoms in total. The van der Waals surface area contributed by atoms with Gasteiger partial charge in [-0.05, 0) is 47.1 Å². The molecule has 3 rings (SSSR count). The molecule has 0 atom stereocenters. The van der Waals surface area contributed by atoms with E-state index >= 15 is 0 Å². The van der Waals surface area contributed by atoms with E-state index in [9.17, 15) is 9.59 Å². The zero-order valence-corrected chi connectivity index (χ0v) is 13.9. The summed E-state index contributed by atoms with van der Waals surface area (Å²) in [5.74, 6) is -0.635. The fourth-order valence-corrected chi connectivity index (χ4v) is 2.82. The van der Waals surface area contributed by atoms with Crippen LogP contribution < -0.4 is 5.43 Å². The van der Waals surface area contributed by atoms with Crippen molar-refractivity contribution in [3.63, 3.8) is 0 Å². The molecule has 1 aromatic carbocycles. The molecule has 0 amide bonds. The van der Waals surface area contributed by atoms with Crippen LogP contribution in [0.5, 0.6) is 0 Å². The molecule has 0 aliphatic rings. The largest absolute Gasteiger partial charge is 0.462 e. The van der Waals surface area contributed by atoms with Crippen molar-refractivity contribution in [3.8, 4) is 5.69 Å². The average molecular weight is 373 g/mol. The van der Waals surface area contributed by atoms with E-state index in [0.717, 1.165) is 10.2 Å². The van der Waals surface area contributed by atoms with Crippen LogP contribution in [0.2, 0.25) is 0 Å². The van der Waals surface area contributed by atoms with E-state index in [1.165, 1.54) is 6.20 Å². The number of ether oxygens (including phenoxy) is 1. The van der Waals surface area contributed by atoms with Crippen LogP contribution in [0.1, 0.15) is 17.3 Å². The number of halogens is 1. The Balaban J connectivity index is 2.37. The molecule has 23 heavy (non-hydrogen) atoms. The van der Waals surface area contributed by atoms with Crippen molar-refractivity contribution in [1.29, 1.82) is 0 Å². The van der Waals surface area contributed by atoms with E-state index in [0.29, 0.717) is 11.0 Å². The standard InChI is InChI=1S/C17H13BrN2O3/c1-2-23-17(22)12-10-20(14-8-4-3-7-13(14)18)16-11(15(12)21)6-5-9-19-16/h3-10H,2H2,1H3. The van der Waals surface area contributed by atoms with Gasteiger partial charge in [-0.1, -0.05) is 12.1 Å². The SMILES string of the molecule is CCOC(=O)c1cn(-c2ccccc2Br)c2ncccc2c1=O. The number of nitrogens with zero attached hydrogens (tertiary/aromatic N) is 2. The summed E-state index contributed by atoms with van der Waals surface area (Å²) >= 11 is 3.49. The zero-order valence-electron chi connectivity index (χ0n) is 12.3. The van der Waals surface area contributed by atoms with Gasteiger partial charge in [-0.3, -0.25) is 9.36 Å². The molecular formula is C17H13BrN2O3. The van der Waals surface area contributed by atoms with Crippen LogP contribution in [0, 0.1) is 0 Å². The highest BCUT2D eigenvalue weighted by Crippen LogP contribution is 2.23. The Hall–Kier alpha value is -2.47. The number of pyridine rings is 2. The van der Waals surface area contributed by atoms with Gasteiger partial charge in [-0.25, -0.2) is 9.78 Å². The van der Waals surface area contributed by atoms with Crippen LogP contribution >= 0.6 is 15.9 Å². The molecule has 0 saturated heterocycles. The summed E-state index contributed by atoms with van der Waals surface area (Å²) in [6.07, 6.45) is 3.09. The Morgan fingerprint density at radius 3 is 2.78 bits per heavy atom. The van der Waals surface area contributed by atoms with Crippen LogP contribution in [0.3, 0.4) is 0 Å². The third-order valence-electron chi connectivity index (χ3n) is 3.37. The fraction of sp³-hybridized carbons (Fsp3) is 0.118. The van der Waals surface area contributed by atoms with E-state index in [1.807, 2.05) is 24.3 Å². The number of hydrogen-bond donors (Lipinski definition) is 0. The van der Waals surface area contributed by atoms with E-state index < -0.39 is 5.97 Å². The number of esters is 1. The van der Waals surface area contributed by atoms with Crippen LogP contribution in [0.15, 0.2) is 58.1 Å². The molecule has 0 radical (unpaired) electrons. The second-order valence-electron chi connectivity index (χ2n) is 4.79. The first-order chi connectivity index (χ1) is 11.1. The molecule has 6 heteroatoms. The van der Waals surface area contributed by atoms with E-state index in [4.69, 9.17) is 4.74 Å². The van der Waals surface area contributed by atoms with Gasteiger partial charge < -0.3 is 4.74 Å². The maximum Gasteiger partial charge on any atom is 0.343 e. The highest BCUT2D eigenvalue weighted by Gasteiger charge is 2.18. The predicted molar refractivity (Wildman–Crippen MR) is 91.0 cm³/mol. The van der Waals surface area contributed by atoms with Gasteiger partial charge in [-0.2, -0.15) is 0 Å². The quantitative estimate of drug-likeness (QED) is 0.661. The van der Waals surface area contributed by atoms with Gasteiger partial charge in [0.15, 0.2) is 0 Å². The molecule has 0 fully saturated rings. The molecular weight excluding hydrogens is 360 g/mol. The molecule has 3 aromatic rings. The minimum absolute atomic E-state index is 0.0110. The third kappa shape index (κ3) is 2.77. The molecule has 0 bridgehead atoms. The molecule has 0 aliphatic heterocycles. The number of hydrogen-bond acceptors (Lipinski definition) is 4. The summed E-state index contributed by atoms with van der Waals surface area (Å²) in [7, 11) is 0. The van der Waals surface area contributed by atoms with Gasteiger partial charge in [0, 0.05) is 16.9 Å². The Kier molecular flexibility index (Phi) is 4.25. The maximum atomic E-state index is 12.5. The minimum Gasteiger partial charge on any atom is -0.462 e. The molecule has 0 saturated carbocycles. The lowest BCUT2D eigenvalue weighted by molar-refractivity contribution is 0.0524. The second-order valence-corrected chi connectivity index (χ2v) is 5.64. The van der Waals surface area contributed by atoms with Crippen molar-refractivity contribution in [2.24, 2.45) is 0 Å². The predicted octanol–water partition coefficient (Wildman–Crippen LogP) is 3.32. The lowest BCUT2D eigenvalue weighted by Gasteiger charge is -2.13. The van der Waals surface area contributed by atoms with Gasteiger partial charge in [0.2, 0.25) is 5.43 Å². The number of carbonyl (C=O) groups excluding carboxylic acids is 1. The van der Waals surface area contributed by atoms with Crippen molar-refractivity contribution in [2.45, 2.75) is 6.92 Å². The number of para-hydroxylation sites is 1. The number of carbonyl (C=O) groups is 1. The van der Waals surface area contributed by atoms with E-state index in [2.05, 4.69) is 20.9 Å². The van der Waals surface area contributed by atoms with Gasteiger partial charge in [0.25, 0.3) is 0 Å². The smallest absolute Gasteiger partial charge is 0.343 e. The number of aromatic nitrogens is 2. The van der Waals surface area contributed by atoms with E-state index in [1.54, 1.807) is 29.8 Å². The fourth-order valence-electron chi connectivity index (χ4n) is 2.35. The van der Waals surface area contributed by atoms with Gasteiger partial charge in [0.1, 0.15) is 11.2 Å². The van der Waals surface area contributed by atoms with Crippen LogP contribution in [-0.2, 0) is 4.74 Å². The van der Waals surface area contributed by atoms with Crippen molar-refractivity contribution >= 4 is 32.9 Å². The lowest BCUT2D eigenvalue weighted by Crippen LogP contribution is -2.21. The summed E-state index contributed by atoms with van der Waals surface area (Å²) < 4.78 is 7.53. The Morgan fingerprint density at radius 2 is 2.04 bits per heavy atom. The molecule has 0 aliphatic carbocycles. The molecule has 0 spiro atoms. The highest BCUT2D eigenvalue weighted by atomic mass is 79.9. The van der Waals surface area contributed by atoms with Gasteiger partial charge in [-0.15, -0.1) is 0 Å². The molecule has 0 unspecified atom stereocenters. The van der Waals surface area contributed by atoms with Crippen LogP contribution in [-0.4, -0.2) is 22.1 Å². The van der Waals surface area contributed by atoms with Crippen molar-refractivity contribution in [3.05, 3.63) is 69.1 Å². The average Bonchev–Trinajstić information content (AvgIpc) is 2.56. The molecule has 116 valence electrons. The number of fused-ring (bicyclic) bond motifs is 1. The lowest BCUT2D eigenvalue weighted by atomic mass is 10.2. The first-order valence-corrected chi connectivity index (χ1v) is 7.85. The minimum atomic E-state index is -0.635. The second kappa shape index (κ2) is 6.34. The van der Waals surface area contributed by atoms with Crippen molar-refractivity contribution < 1.29 is 9.53 Å². The molecule has 0 N–H and O–H groups in total. The van der Waals surface area contributed by atoms with Crippen molar-refractivity contribution in [1.82, 2.24) is 9.55 Å². The molecule has 2 aromatic heterocycles. The van der Waals surface area contributed by atoms with Gasteiger partial charge in [0.05, 0.1) is 17.7 Å². The zero-order chi connectivity index (χ0) is 16.4. The summed E-state index contributed by atoms with van der Waals surface area (Å²) in [6, 6.07) is 10.8. The number of benzene rings is 1. The Morgan fingerprint density at radius 1 is 1.26 bits per heavy atom.